The fourth-order valence-electron chi connectivity index (χ4n) is 4.10. The van der Waals surface area contributed by atoms with Crippen molar-refractivity contribution in [2.45, 2.75) is 72.4 Å². The van der Waals surface area contributed by atoms with E-state index in [9.17, 15) is 9.59 Å². The first-order chi connectivity index (χ1) is 15.7. The summed E-state index contributed by atoms with van der Waals surface area (Å²) in [5.74, 6) is 0.292. The molecule has 2 rings (SSSR count). The van der Waals surface area contributed by atoms with Crippen LogP contribution >= 0.6 is 0 Å². The van der Waals surface area contributed by atoms with Gasteiger partial charge in [-0.05, 0) is 55.0 Å². The molecule has 0 aliphatic heterocycles. The van der Waals surface area contributed by atoms with Crippen LogP contribution in [-0.4, -0.2) is 36.9 Å². The van der Waals surface area contributed by atoms with Gasteiger partial charge in [0, 0.05) is 44.5 Å². The summed E-state index contributed by atoms with van der Waals surface area (Å²) in [7, 11) is 4.01. The molecule has 180 valence electrons. The third kappa shape index (κ3) is 7.34. The van der Waals surface area contributed by atoms with Gasteiger partial charge in [-0.2, -0.15) is 0 Å². The molecule has 0 saturated carbocycles. The standard InChI is InChI=1S/C28H41N3O2/c1-8-21(5)31(28(33)25(9-2)22-13-11-10-12-14-22)19-23-18-24(15-16-26(23)30(6)7)29-27(32)17-20(3)4/h10-16,18,20-21,25H,8-9,17,19H2,1-7H3,(H,29,32)/t21-,25+/m0/s1. The first kappa shape index (κ1) is 26.4. The number of benzene rings is 2. The number of nitrogens with zero attached hydrogens (tertiary/aromatic N) is 2. The van der Waals surface area contributed by atoms with Crippen molar-refractivity contribution < 1.29 is 9.59 Å². The van der Waals surface area contributed by atoms with Crippen LogP contribution in [-0.2, 0) is 16.1 Å². The third-order valence-corrected chi connectivity index (χ3v) is 6.09. The maximum absolute atomic E-state index is 13.8. The Balaban J connectivity index is 2.39. The highest BCUT2D eigenvalue weighted by molar-refractivity contribution is 5.91. The van der Waals surface area contributed by atoms with Crippen LogP contribution in [0.3, 0.4) is 0 Å². The summed E-state index contributed by atoms with van der Waals surface area (Å²) in [6.07, 6.45) is 2.11. The minimum absolute atomic E-state index is 0.0125. The van der Waals surface area contributed by atoms with Gasteiger partial charge in [0.25, 0.3) is 0 Å². The molecule has 0 fully saturated rings. The Bertz CT molecular complexity index is 909. The van der Waals surface area contributed by atoms with Crippen molar-refractivity contribution in [3.63, 3.8) is 0 Å². The van der Waals surface area contributed by atoms with Gasteiger partial charge in [-0.25, -0.2) is 0 Å². The molecule has 0 heterocycles. The van der Waals surface area contributed by atoms with Gasteiger partial charge < -0.3 is 15.1 Å². The van der Waals surface area contributed by atoms with Crippen molar-refractivity contribution in [2.24, 2.45) is 5.92 Å². The van der Waals surface area contributed by atoms with E-state index >= 15 is 0 Å². The quantitative estimate of drug-likeness (QED) is 0.452. The number of carbonyl (C=O) groups excluding carboxylic acids is 2. The van der Waals surface area contributed by atoms with E-state index in [-0.39, 0.29) is 23.8 Å². The van der Waals surface area contributed by atoms with Crippen molar-refractivity contribution >= 4 is 23.2 Å². The summed E-state index contributed by atoms with van der Waals surface area (Å²) < 4.78 is 0. The van der Waals surface area contributed by atoms with Crippen LogP contribution in [0, 0.1) is 5.92 Å². The Labute approximate surface area is 200 Å². The van der Waals surface area contributed by atoms with Gasteiger partial charge >= 0.3 is 0 Å². The topological polar surface area (TPSA) is 52.7 Å². The van der Waals surface area contributed by atoms with Crippen molar-refractivity contribution in [3.8, 4) is 0 Å². The molecule has 1 N–H and O–H groups in total. The molecule has 0 bridgehead atoms. The number of anilines is 2. The Morgan fingerprint density at radius 1 is 0.939 bits per heavy atom. The van der Waals surface area contributed by atoms with Crippen molar-refractivity contribution in [1.82, 2.24) is 4.90 Å². The van der Waals surface area contributed by atoms with E-state index in [2.05, 4.69) is 31.0 Å². The molecular weight excluding hydrogens is 410 g/mol. The molecule has 0 aliphatic rings. The summed E-state index contributed by atoms with van der Waals surface area (Å²) in [5.41, 5.74) is 3.90. The number of amides is 2. The molecule has 0 aromatic heterocycles. The lowest BCUT2D eigenvalue weighted by Crippen LogP contribution is -2.41. The van der Waals surface area contributed by atoms with Gasteiger partial charge in [0.15, 0.2) is 0 Å². The average Bonchev–Trinajstić information content (AvgIpc) is 2.77. The van der Waals surface area contributed by atoms with Crippen molar-refractivity contribution in [3.05, 3.63) is 59.7 Å². The van der Waals surface area contributed by atoms with E-state index in [1.54, 1.807) is 0 Å². The predicted molar refractivity (Wildman–Crippen MR) is 139 cm³/mol. The Morgan fingerprint density at radius 2 is 1.61 bits per heavy atom. The normalized spacial score (nSPS) is 12.8. The molecule has 2 aromatic carbocycles. The molecule has 5 nitrogen and oxygen atoms in total. The summed E-state index contributed by atoms with van der Waals surface area (Å²) >= 11 is 0. The van der Waals surface area contributed by atoms with Crippen LogP contribution in [0.2, 0.25) is 0 Å². The Hall–Kier alpha value is -2.82. The zero-order valence-corrected chi connectivity index (χ0v) is 21.4. The molecule has 2 aromatic rings. The maximum Gasteiger partial charge on any atom is 0.230 e. The van der Waals surface area contributed by atoms with Gasteiger partial charge in [-0.15, -0.1) is 0 Å². The Kier molecular flexibility index (Phi) is 9.95. The first-order valence-corrected chi connectivity index (χ1v) is 12.1. The second-order valence-electron chi connectivity index (χ2n) is 9.48. The second-order valence-corrected chi connectivity index (χ2v) is 9.48. The van der Waals surface area contributed by atoms with Crippen LogP contribution in [0.15, 0.2) is 48.5 Å². The average molecular weight is 452 g/mol. The lowest BCUT2D eigenvalue weighted by atomic mass is 9.94. The molecule has 33 heavy (non-hydrogen) atoms. The van der Waals surface area contributed by atoms with Crippen LogP contribution in [0.5, 0.6) is 0 Å². The minimum Gasteiger partial charge on any atom is -0.377 e. The van der Waals surface area contributed by atoms with Gasteiger partial charge in [0.1, 0.15) is 0 Å². The van der Waals surface area contributed by atoms with Crippen molar-refractivity contribution in [1.29, 1.82) is 0 Å². The van der Waals surface area contributed by atoms with Crippen LogP contribution < -0.4 is 10.2 Å². The number of hydrogen-bond acceptors (Lipinski definition) is 3. The van der Waals surface area contributed by atoms with E-state index < -0.39 is 0 Å². The first-order valence-electron chi connectivity index (χ1n) is 12.1. The number of rotatable bonds is 11. The molecule has 0 unspecified atom stereocenters. The molecule has 0 saturated heterocycles. The maximum atomic E-state index is 13.8. The van der Waals surface area contributed by atoms with Gasteiger partial charge in [0.05, 0.1) is 5.92 Å². The van der Waals surface area contributed by atoms with Gasteiger partial charge in [-0.1, -0.05) is 58.0 Å². The smallest absolute Gasteiger partial charge is 0.230 e. The zero-order valence-electron chi connectivity index (χ0n) is 21.4. The van der Waals surface area contributed by atoms with E-state index in [0.717, 1.165) is 35.3 Å². The van der Waals surface area contributed by atoms with E-state index in [0.29, 0.717) is 18.9 Å². The van der Waals surface area contributed by atoms with Crippen molar-refractivity contribution in [2.75, 3.05) is 24.3 Å². The summed E-state index contributed by atoms with van der Waals surface area (Å²) in [4.78, 5) is 30.2. The van der Waals surface area contributed by atoms with Gasteiger partial charge in [-0.3, -0.25) is 9.59 Å². The largest absolute Gasteiger partial charge is 0.377 e. The van der Waals surface area contributed by atoms with E-state index in [1.165, 1.54) is 0 Å². The Morgan fingerprint density at radius 3 is 2.15 bits per heavy atom. The number of hydrogen-bond donors (Lipinski definition) is 1. The lowest BCUT2D eigenvalue weighted by Gasteiger charge is -2.33. The van der Waals surface area contributed by atoms with Crippen LogP contribution in [0.25, 0.3) is 0 Å². The molecule has 2 amide bonds. The van der Waals surface area contributed by atoms with Crippen LogP contribution in [0.1, 0.15) is 70.9 Å². The molecule has 0 spiro atoms. The third-order valence-electron chi connectivity index (χ3n) is 6.09. The van der Waals surface area contributed by atoms with E-state index in [4.69, 9.17) is 0 Å². The molecular formula is C28H41N3O2. The molecule has 2 atom stereocenters. The molecule has 5 heteroatoms. The summed E-state index contributed by atoms with van der Waals surface area (Å²) in [5, 5.41) is 3.02. The number of carbonyl (C=O) groups is 2. The predicted octanol–water partition coefficient (Wildman–Crippen LogP) is 6.06. The minimum atomic E-state index is -0.170. The fraction of sp³-hybridized carbons (Fsp3) is 0.500. The summed E-state index contributed by atoms with van der Waals surface area (Å²) in [6.45, 7) is 10.9. The monoisotopic (exact) mass is 451 g/mol. The van der Waals surface area contributed by atoms with Crippen LogP contribution in [0.4, 0.5) is 11.4 Å². The highest BCUT2D eigenvalue weighted by atomic mass is 16.2. The SMILES string of the molecule is CC[C@@H](C(=O)N(Cc1cc(NC(=O)CC(C)C)ccc1N(C)C)[C@@H](C)CC)c1ccccc1. The highest BCUT2D eigenvalue weighted by Gasteiger charge is 2.28. The van der Waals surface area contributed by atoms with Gasteiger partial charge in [0.2, 0.25) is 11.8 Å². The number of nitrogens with one attached hydrogen (secondary N) is 1. The lowest BCUT2D eigenvalue weighted by molar-refractivity contribution is -0.135. The fourth-order valence-corrected chi connectivity index (χ4v) is 4.10. The zero-order chi connectivity index (χ0) is 24.5. The molecule has 0 radical (unpaired) electrons. The highest BCUT2D eigenvalue weighted by Crippen LogP contribution is 2.29. The van der Waals surface area contributed by atoms with E-state index in [1.807, 2.05) is 81.4 Å². The second kappa shape index (κ2) is 12.4. The molecule has 0 aliphatic carbocycles. The summed E-state index contributed by atoms with van der Waals surface area (Å²) in [6, 6.07) is 16.1.